The molecule has 0 saturated heterocycles. The summed E-state index contributed by atoms with van der Waals surface area (Å²) in [5.74, 6) is 0.00822. The molecule has 0 aromatic heterocycles. The molecule has 0 aromatic carbocycles. The van der Waals surface area contributed by atoms with Crippen LogP contribution in [0, 0.1) is 0 Å². The molecule has 0 heterocycles. The van der Waals surface area contributed by atoms with Crippen molar-refractivity contribution in [3.63, 3.8) is 0 Å². The SMILES string of the molecule is CCCO[PH](O)(OCCC)C1(C(C)=O)CC1. The summed E-state index contributed by atoms with van der Waals surface area (Å²) in [6, 6.07) is 0. The van der Waals surface area contributed by atoms with E-state index in [4.69, 9.17) is 9.05 Å². The second-order valence-electron chi connectivity index (χ2n) is 4.42. The zero-order valence-electron chi connectivity index (χ0n) is 10.4. The van der Waals surface area contributed by atoms with Crippen molar-refractivity contribution in [2.45, 2.75) is 51.6 Å². The molecule has 0 radical (unpaired) electrons. The first-order valence-corrected chi connectivity index (χ1v) is 7.80. The van der Waals surface area contributed by atoms with Crippen molar-refractivity contribution in [2.24, 2.45) is 0 Å². The summed E-state index contributed by atoms with van der Waals surface area (Å²) in [6.07, 6.45) is 3.05. The summed E-state index contributed by atoms with van der Waals surface area (Å²) in [7, 11) is -3.32. The van der Waals surface area contributed by atoms with E-state index in [9.17, 15) is 9.69 Å². The Morgan fingerprint density at radius 2 is 1.69 bits per heavy atom. The van der Waals surface area contributed by atoms with Gasteiger partial charge in [-0.05, 0) is 0 Å². The summed E-state index contributed by atoms with van der Waals surface area (Å²) in [4.78, 5) is 22.1. The molecule has 5 heteroatoms. The van der Waals surface area contributed by atoms with E-state index in [0.29, 0.717) is 26.1 Å². The number of Topliss-reactive ketones (excluding diaryl/α,β-unsaturated/α-hetero) is 1. The Balaban J connectivity index is 2.73. The molecule has 1 aliphatic rings. The summed E-state index contributed by atoms with van der Waals surface area (Å²) < 4.78 is 11.0. The standard InChI is InChI=1S/C11H23O4P/c1-4-8-14-16(13,15-9-5-2)11(6-7-11)10(3)12/h13,16H,4-9H2,1-3H3. The number of hydrogen-bond donors (Lipinski definition) is 1. The molecule has 0 bridgehead atoms. The molecule has 0 atom stereocenters. The van der Waals surface area contributed by atoms with E-state index >= 15 is 0 Å². The van der Waals surface area contributed by atoms with Crippen LogP contribution in [0.15, 0.2) is 0 Å². The normalized spacial score (nSPS) is 19.5. The third-order valence-electron chi connectivity index (χ3n) is 3.03. The van der Waals surface area contributed by atoms with Gasteiger partial charge in [-0.2, -0.15) is 0 Å². The van der Waals surface area contributed by atoms with Crippen LogP contribution in [0.3, 0.4) is 0 Å². The van der Waals surface area contributed by atoms with Crippen molar-refractivity contribution >= 4 is 13.7 Å². The van der Waals surface area contributed by atoms with Gasteiger partial charge in [0, 0.05) is 0 Å². The van der Waals surface area contributed by atoms with E-state index in [1.54, 1.807) is 0 Å². The molecule has 0 unspecified atom stereocenters. The zero-order valence-corrected chi connectivity index (χ0v) is 11.4. The molecule has 4 nitrogen and oxygen atoms in total. The summed E-state index contributed by atoms with van der Waals surface area (Å²) >= 11 is 0. The number of hydrogen-bond acceptors (Lipinski definition) is 4. The summed E-state index contributed by atoms with van der Waals surface area (Å²) in [5.41, 5.74) is 0. The molecular weight excluding hydrogens is 227 g/mol. The van der Waals surface area contributed by atoms with Crippen LogP contribution in [0.1, 0.15) is 46.5 Å². The van der Waals surface area contributed by atoms with Gasteiger partial charge >= 0.3 is 97.3 Å². The van der Waals surface area contributed by atoms with Crippen LogP contribution in [0.5, 0.6) is 0 Å². The molecule has 1 aliphatic carbocycles. The number of rotatable bonds is 8. The fraction of sp³-hybridized carbons (Fsp3) is 0.909. The Morgan fingerprint density at radius 1 is 1.25 bits per heavy atom. The van der Waals surface area contributed by atoms with Crippen LogP contribution in [-0.4, -0.2) is 29.0 Å². The Labute approximate surface area is 97.9 Å². The fourth-order valence-corrected chi connectivity index (χ4v) is 4.61. The molecule has 0 spiro atoms. The van der Waals surface area contributed by atoms with Crippen LogP contribution in [0.2, 0.25) is 0 Å². The minimum absolute atomic E-state index is 0.00822. The van der Waals surface area contributed by atoms with E-state index in [1.807, 2.05) is 13.8 Å². The first-order valence-electron chi connectivity index (χ1n) is 6.03. The molecule has 0 aromatic rings. The predicted molar refractivity (Wildman–Crippen MR) is 65.7 cm³/mol. The molecular formula is C11H23O4P. The third kappa shape index (κ3) is 2.62. The van der Waals surface area contributed by atoms with Gasteiger partial charge in [0.1, 0.15) is 0 Å². The van der Waals surface area contributed by atoms with E-state index in [1.165, 1.54) is 6.92 Å². The van der Waals surface area contributed by atoms with Crippen molar-refractivity contribution in [1.29, 1.82) is 0 Å². The Hall–Kier alpha value is -0.0200. The molecule has 1 fully saturated rings. The molecule has 16 heavy (non-hydrogen) atoms. The monoisotopic (exact) mass is 250 g/mol. The van der Waals surface area contributed by atoms with Crippen LogP contribution >= 0.6 is 7.94 Å². The van der Waals surface area contributed by atoms with Crippen molar-refractivity contribution in [2.75, 3.05) is 13.2 Å². The van der Waals surface area contributed by atoms with Crippen molar-refractivity contribution in [3.05, 3.63) is 0 Å². The zero-order chi connectivity index (χ0) is 12.2. The molecule has 0 amide bonds. The molecule has 96 valence electrons. The Bertz CT molecular complexity index is 242. The van der Waals surface area contributed by atoms with Gasteiger partial charge < -0.3 is 0 Å². The van der Waals surface area contributed by atoms with E-state index < -0.39 is 13.1 Å². The van der Waals surface area contributed by atoms with Crippen LogP contribution in [0.25, 0.3) is 0 Å². The number of carbonyl (C=O) groups is 1. The number of carbonyl (C=O) groups excluding carboxylic acids is 1. The summed E-state index contributed by atoms with van der Waals surface area (Å²) in [6.45, 7) is 6.39. The topological polar surface area (TPSA) is 55.8 Å². The maximum absolute atomic E-state index is 11.6. The quantitative estimate of drug-likeness (QED) is 0.672. The number of ketones is 1. The van der Waals surface area contributed by atoms with Crippen LogP contribution < -0.4 is 0 Å². The first kappa shape index (κ1) is 14.0. The van der Waals surface area contributed by atoms with E-state index in [0.717, 1.165) is 12.8 Å². The Morgan fingerprint density at radius 3 is 1.94 bits per heavy atom. The average Bonchev–Trinajstić information content (AvgIpc) is 3.04. The van der Waals surface area contributed by atoms with Gasteiger partial charge in [0.25, 0.3) is 0 Å². The van der Waals surface area contributed by atoms with Gasteiger partial charge in [-0.3, -0.25) is 0 Å². The van der Waals surface area contributed by atoms with E-state index in [-0.39, 0.29) is 5.78 Å². The first-order chi connectivity index (χ1) is 7.52. The Kier molecular flexibility index (Phi) is 4.87. The van der Waals surface area contributed by atoms with Crippen molar-refractivity contribution < 1.29 is 18.7 Å². The molecule has 0 aliphatic heterocycles. The van der Waals surface area contributed by atoms with Crippen LogP contribution in [0.4, 0.5) is 0 Å². The van der Waals surface area contributed by atoms with Gasteiger partial charge in [-0.15, -0.1) is 0 Å². The predicted octanol–water partition coefficient (Wildman–Crippen LogP) is 2.45. The van der Waals surface area contributed by atoms with Gasteiger partial charge in [0.05, 0.1) is 0 Å². The summed E-state index contributed by atoms with van der Waals surface area (Å²) in [5, 5.41) is -0.683. The van der Waals surface area contributed by atoms with Crippen molar-refractivity contribution in [1.82, 2.24) is 0 Å². The van der Waals surface area contributed by atoms with Crippen molar-refractivity contribution in [3.8, 4) is 0 Å². The maximum atomic E-state index is 11.6. The van der Waals surface area contributed by atoms with Crippen LogP contribution in [-0.2, 0) is 13.8 Å². The molecule has 1 N–H and O–H groups in total. The van der Waals surface area contributed by atoms with Gasteiger partial charge in [0.15, 0.2) is 0 Å². The van der Waals surface area contributed by atoms with E-state index in [2.05, 4.69) is 0 Å². The second-order valence-corrected chi connectivity index (χ2v) is 7.12. The fourth-order valence-electron chi connectivity index (χ4n) is 1.81. The second kappa shape index (κ2) is 5.54. The van der Waals surface area contributed by atoms with Gasteiger partial charge in [-0.1, -0.05) is 0 Å². The van der Waals surface area contributed by atoms with Gasteiger partial charge in [0.2, 0.25) is 0 Å². The minimum atomic E-state index is -3.32. The molecule has 1 saturated carbocycles. The average molecular weight is 250 g/mol. The van der Waals surface area contributed by atoms with Gasteiger partial charge in [-0.25, -0.2) is 0 Å². The molecule has 1 rings (SSSR count). The third-order valence-corrected chi connectivity index (χ3v) is 6.28.